The molecule has 8 heteroatoms. The number of thioether (sulfide) groups is 1. The molecule has 0 radical (unpaired) electrons. The second-order valence-corrected chi connectivity index (χ2v) is 8.46. The topological polar surface area (TPSA) is 68.0 Å². The Morgan fingerprint density at radius 2 is 2.24 bits per heavy atom. The Balaban J connectivity index is 2.00. The van der Waals surface area contributed by atoms with E-state index in [1.54, 1.807) is 18.0 Å². The Morgan fingerprint density at radius 1 is 1.52 bits per heavy atom. The van der Waals surface area contributed by atoms with Crippen LogP contribution in [0.25, 0.3) is 0 Å². The number of hydrogen-bond donors (Lipinski definition) is 1. The van der Waals surface area contributed by atoms with Crippen LogP contribution in [0, 0.1) is 0 Å². The summed E-state index contributed by atoms with van der Waals surface area (Å²) in [6, 6.07) is 0. The van der Waals surface area contributed by atoms with Gasteiger partial charge >= 0.3 is 0 Å². The van der Waals surface area contributed by atoms with Crippen LogP contribution >= 0.6 is 39.0 Å². The number of hydrogen-bond acceptors (Lipinski definition) is 6. The molecule has 2 heterocycles. The molecule has 2 rings (SSSR count). The van der Waals surface area contributed by atoms with E-state index in [0.717, 1.165) is 9.90 Å². The molecule has 114 valence electrons. The highest BCUT2D eigenvalue weighted by atomic mass is 79.9. The maximum atomic E-state index is 11.0. The van der Waals surface area contributed by atoms with E-state index < -0.39 is 0 Å². The number of carbonyl (C=O) groups excluding carboxylic acids is 1. The SMILES string of the molecule is CC(=O)Nc1ncc(SCc2nc(C(C)(C)C)c(Br)o2)s1. The van der Waals surface area contributed by atoms with Gasteiger partial charge in [-0.05, 0) is 15.9 Å². The predicted molar refractivity (Wildman–Crippen MR) is 88.9 cm³/mol. The molecule has 0 fully saturated rings. The second-order valence-electron chi connectivity index (χ2n) is 5.43. The van der Waals surface area contributed by atoms with Crippen molar-refractivity contribution in [2.24, 2.45) is 0 Å². The summed E-state index contributed by atoms with van der Waals surface area (Å²) in [5.74, 6) is 1.18. The number of anilines is 1. The number of halogens is 1. The number of nitrogens with one attached hydrogen (secondary N) is 1. The molecule has 0 aliphatic rings. The third-order valence-electron chi connectivity index (χ3n) is 2.45. The van der Waals surface area contributed by atoms with Gasteiger partial charge in [0.15, 0.2) is 9.80 Å². The monoisotopic (exact) mass is 389 g/mol. The molecule has 21 heavy (non-hydrogen) atoms. The highest BCUT2D eigenvalue weighted by molar-refractivity contribution is 9.10. The first-order valence-corrected chi connectivity index (χ1v) is 8.87. The molecule has 0 spiro atoms. The fourth-order valence-corrected chi connectivity index (χ4v) is 4.17. The zero-order valence-corrected chi connectivity index (χ0v) is 15.4. The molecule has 0 saturated carbocycles. The van der Waals surface area contributed by atoms with Crippen molar-refractivity contribution >= 4 is 50.1 Å². The summed E-state index contributed by atoms with van der Waals surface area (Å²) < 4.78 is 7.33. The number of nitrogens with zero attached hydrogens (tertiary/aromatic N) is 2. The van der Waals surface area contributed by atoms with Crippen LogP contribution in [-0.4, -0.2) is 15.9 Å². The molecule has 0 atom stereocenters. The van der Waals surface area contributed by atoms with Crippen LogP contribution in [-0.2, 0) is 16.0 Å². The highest BCUT2D eigenvalue weighted by Gasteiger charge is 2.23. The smallest absolute Gasteiger partial charge is 0.223 e. The van der Waals surface area contributed by atoms with Crippen molar-refractivity contribution in [1.82, 2.24) is 9.97 Å². The van der Waals surface area contributed by atoms with Crippen molar-refractivity contribution < 1.29 is 9.21 Å². The van der Waals surface area contributed by atoms with Gasteiger partial charge in [-0.2, -0.15) is 0 Å². The van der Waals surface area contributed by atoms with Crippen molar-refractivity contribution in [2.75, 3.05) is 5.32 Å². The van der Waals surface area contributed by atoms with E-state index in [4.69, 9.17) is 4.42 Å². The van der Waals surface area contributed by atoms with Crippen molar-refractivity contribution in [2.45, 2.75) is 43.1 Å². The standard InChI is InChI=1S/C13H16BrN3O2S2/c1-7(18)16-12-15-5-9(21-12)20-6-8-17-10(11(14)19-8)13(2,3)4/h5H,6H2,1-4H3,(H,15,16,18). The number of amides is 1. The minimum Gasteiger partial charge on any atom is -0.433 e. The van der Waals surface area contributed by atoms with Gasteiger partial charge in [0, 0.05) is 12.3 Å². The van der Waals surface area contributed by atoms with E-state index in [2.05, 4.69) is 52.0 Å². The summed E-state index contributed by atoms with van der Waals surface area (Å²) in [4.78, 5) is 19.6. The van der Waals surface area contributed by atoms with Gasteiger partial charge < -0.3 is 9.73 Å². The van der Waals surface area contributed by atoms with Gasteiger partial charge in [0.2, 0.25) is 11.8 Å². The molecule has 0 aromatic carbocycles. The minimum atomic E-state index is -0.118. The van der Waals surface area contributed by atoms with Gasteiger partial charge in [0.05, 0.1) is 21.9 Å². The largest absolute Gasteiger partial charge is 0.433 e. The fraction of sp³-hybridized carbons (Fsp3) is 0.462. The van der Waals surface area contributed by atoms with Gasteiger partial charge in [-0.15, -0.1) is 11.8 Å². The van der Waals surface area contributed by atoms with E-state index in [0.29, 0.717) is 21.4 Å². The van der Waals surface area contributed by atoms with Crippen LogP contribution in [0.4, 0.5) is 5.13 Å². The molecular weight excluding hydrogens is 374 g/mol. The maximum absolute atomic E-state index is 11.0. The number of thiazole rings is 1. The molecule has 5 nitrogen and oxygen atoms in total. The van der Waals surface area contributed by atoms with Gasteiger partial charge in [-0.1, -0.05) is 32.1 Å². The van der Waals surface area contributed by atoms with Crippen molar-refractivity contribution in [1.29, 1.82) is 0 Å². The van der Waals surface area contributed by atoms with Crippen LogP contribution < -0.4 is 5.32 Å². The lowest BCUT2D eigenvalue weighted by Gasteiger charge is -2.14. The Hall–Kier alpha value is -0.860. The van der Waals surface area contributed by atoms with Crippen LogP contribution in [0.3, 0.4) is 0 Å². The van der Waals surface area contributed by atoms with E-state index >= 15 is 0 Å². The van der Waals surface area contributed by atoms with Gasteiger partial charge in [-0.25, -0.2) is 9.97 Å². The molecule has 1 N–H and O–H groups in total. The summed E-state index contributed by atoms with van der Waals surface area (Å²) in [6.45, 7) is 7.74. The van der Waals surface area contributed by atoms with Crippen LogP contribution in [0.1, 0.15) is 39.3 Å². The van der Waals surface area contributed by atoms with Crippen molar-refractivity contribution in [3.05, 3.63) is 22.5 Å². The summed E-state index contributed by atoms with van der Waals surface area (Å²) >= 11 is 6.43. The minimum absolute atomic E-state index is 0.0612. The number of oxazole rings is 1. The molecule has 2 aromatic rings. The van der Waals surface area contributed by atoms with Crippen LogP contribution in [0.2, 0.25) is 0 Å². The molecule has 0 aliphatic carbocycles. The van der Waals surface area contributed by atoms with Gasteiger partial charge in [0.1, 0.15) is 0 Å². The van der Waals surface area contributed by atoms with Crippen LogP contribution in [0.15, 0.2) is 19.5 Å². The average Bonchev–Trinajstić information content (AvgIpc) is 2.91. The fourth-order valence-electron chi connectivity index (χ4n) is 1.53. The first-order valence-electron chi connectivity index (χ1n) is 6.27. The van der Waals surface area contributed by atoms with E-state index in [9.17, 15) is 4.79 Å². The Kier molecular flexibility index (Phi) is 5.11. The summed E-state index contributed by atoms with van der Waals surface area (Å²) in [6.07, 6.45) is 1.74. The maximum Gasteiger partial charge on any atom is 0.223 e. The first kappa shape index (κ1) is 16.5. The van der Waals surface area contributed by atoms with Crippen LogP contribution in [0.5, 0.6) is 0 Å². The Labute approximate surface area is 140 Å². The van der Waals surface area contributed by atoms with Gasteiger partial charge in [-0.3, -0.25) is 4.79 Å². The third-order valence-corrected chi connectivity index (χ3v) is 5.08. The highest BCUT2D eigenvalue weighted by Crippen LogP contribution is 2.34. The molecule has 0 saturated heterocycles. The predicted octanol–water partition coefficient (Wildman–Crippen LogP) is 4.44. The lowest BCUT2D eigenvalue weighted by Crippen LogP contribution is -2.12. The van der Waals surface area contributed by atoms with Gasteiger partial charge in [0.25, 0.3) is 0 Å². The Morgan fingerprint density at radius 3 is 2.81 bits per heavy atom. The van der Waals surface area contributed by atoms with Crippen molar-refractivity contribution in [3.63, 3.8) is 0 Å². The molecule has 0 bridgehead atoms. The number of rotatable bonds is 4. The van der Waals surface area contributed by atoms with Crippen molar-refractivity contribution in [3.8, 4) is 0 Å². The normalized spacial score (nSPS) is 11.7. The molecule has 1 amide bonds. The summed E-state index contributed by atoms with van der Waals surface area (Å²) in [5.41, 5.74) is 0.857. The average molecular weight is 390 g/mol. The molecule has 0 unspecified atom stereocenters. The third kappa shape index (κ3) is 4.55. The van der Waals surface area contributed by atoms with E-state index in [-0.39, 0.29) is 11.3 Å². The summed E-state index contributed by atoms with van der Waals surface area (Å²) in [5, 5.41) is 3.27. The van der Waals surface area contributed by atoms with E-state index in [1.807, 2.05) is 0 Å². The Bertz CT molecular complexity index is 646. The molecular formula is C13H16BrN3O2S2. The zero-order chi connectivity index (χ0) is 15.6. The number of carbonyl (C=O) groups is 1. The zero-order valence-electron chi connectivity index (χ0n) is 12.2. The lowest BCUT2D eigenvalue weighted by atomic mass is 9.93. The van der Waals surface area contributed by atoms with E-state index in [1.165, 1.54) is 18.3 Å². The first-order chi connectivity index (χ1) is 9.75. The lowest BCUT2D eigenvalue weighted by molar-refractivity contribution is -0.114. The quantitative estimate of drug-likeness (QED) is 0.782. The second kappa shape index (κ2) is 6.50. The molecule has 2 aromatic heterocycles. The molecule has 0 aliphatic heterocycles. The summed E-state index contributed by atoms with van der Waals surface area (Å²) in [7, 11) is 0. The number of aromatic nitrogens is 2.